The molecule has 3 atom stereocenters. The Balaban J connectivity index is 2.56. The van der Waals surface area contributed by atoms with Crippen LogP contribution in [0, 0.1) is 35.5 Å². The van der Waals surface area contributed by atoms with E-state index in [1.807, 2.05) is 0 Å². The van der Waals surface area contributed by atoms with Crippen molar-refractivity contribution >= 4 is 0 Å². The maximum absolute atomic E-state index is 5.37. The van der Waals surface area contributed by atoms with Crippen molar-refractivity contribution in [2.75, 3.05) is 13.6 Å². The Morgan fingerprint density at radius 3 is 2.50 bits per heavy atom. The molecule has 1 heteroatoms. The first-order valence-corrected chi connectivity index (χ1v) is 7.57. The maximum atomic E-state index is 5.37. The highest BCUT2D eigenvalue weighted by Crippen LogP contribution is 2.44. The second kappa shape index (κ2) is 7.19. The quantitative estimate of drug-likeness (QED) is 0.571. The zero-order chi connectivity index (χ0) is 13.6. The molecule has 0 heterocycles. The lowest BCUT2D eigenvalue weighted by molar-refractivity contribution is 0.0925. The molecule has 1 nitrogen and oxygen atoms in total. The van der Waals surface area contributed by atoms with Crippen LogP contribution in [0.15, 0.2) is 0 Å². The van der Waals surface area contributed by atoms with Crippen molar-refractivity contribution in [2.45, 2.75) is 59.3 Å². The van der Waals surface area contributed by atoms with Crippen LogP contribution in [0.3, 0.4) is 0 Å². The third-order valence-corrected chi connectivity index (χ3v) is 4.73. The first-order chi connectivity index (χ1) is 8.49. The van der Waals surface area contributed by atoms with E-state index in [1.54, 1.807) is 0 Å². The molecule has 1 N–H and O–H groups in total. The standard InChI is InChI=1S/C17H31N/c1-6-7-8-9-14-12-16(17(2,3)4)11-10-15(14)13-18-5/h1,14-16,18H,7-13H2,2-5H3. The Labute approximate surface area is 114 Å². The molecule has 1 fully saturated rings. The molecule has 104 valence electrons. The summed E-state index contributed by atoms with van der Waals surface area (Å²) < 4.78 is 0. The van der Waals surface area contributed by atoms with Crippen LogP contribution in [-0.2, 0) is 0 Å². The van der Waals surface area contributed by atoms with Gasteiger partial charge in [0.1, 0.15) is 0 Å². The van der Waals surface area contributed by atoms with Gasteiger partial charge in [0.25, 0.3) is 0 Å². The smallest absolute Gasteiger partial charge is 0.00861 e. The first kappa shape index (κ1) is 15.6. The number of nitrogens with one attached hydrogen (secondary N) is 1. The second-order valence-corrected chi connectivity index (χ2v) is 7.05. The summed E-state index contributed by atoms with van der Waals surface area (Å²) in [4.78, 5) is 0. The van der Waals surface area contributed by atoms with E-state index in [2.05, 4.69) is 39.1 Å². The number of hydrogen-bond donors (Lipinski definition) is 1. The second-order valence-electron chi connectivity index (χ2n) is 7.05. The van der Waals surface area contributed by atoms with Crippen molar-refractivity contribution in [1.82, 2.24) is 5.32 Å². The van der Waals surface area contributed by atoms with Gasteiger partial charge in [-0.15, -0.1) is 12.3 Å². The molecule has 0 aromatic rings. The average molecular weight is 249 g/mol. The summed E-state index contributed by atoms with van der Waals surface area (Å²) in [5, 5.41) is 3.37. The lowest BCUT2D eigenvalue weighted by atomic mass is 9.64. The predicted octanol–water partition coefficient (Wildman–Crippen LogP) is 4.09. The molecule has 0 spiro atoms. The van der Waals surface area contributed by atoms with E-state index < -0.39 is 0 Å². The Morgan fingerprint density at radius 1 is 1.22 bits per heavy atom. The number of rotatable bonds is 5. The highest BCUT2D eigenvalue weighted by Gasteiger charge is 2.34. The van der Waals surface area contributed by atoms with E-state index in [-0.39, 0.29) is 0 Å². The fourth-order valence-corrected chi connectivity index (χ4v) is 3.46. The highest BCUT2D eigenvalue weighted by atomic mass is 14.8. The van der Waals surface area contributed by atoms with Crippen LogP contribution in [0.25, 0.3) is 0 Å². The summed E-state index contributed by atoms with van der Waals surface area (Å²) in [6, 6.07) is 0. The minimum atomic E-state index is 0.467. The van der Waals surface area contributed by atoms with E-state index in [1.165, 1.54) is 38.6 Å². The number of terminal acetylenes is 1. The molecular weight excluding hydrogens is 218 g/mol. The van der Waals surface area contributed by atoms with Crippen LogP contribution >= 0.6 is 0 Å². The van der Waals surface area contributed by atoms with E-state index >= 15 is 0 Å². The van der Waals surface area contributed by atoms with Crippen LogP contribution < -0.4 is 5.32 Å². The van der Waals surface area contributed by atoms with Gasteiger partial charge in [-0.25, -0.2) is 0 Å². The fourth-order valence-electron chi connectivity index (χ4n) is 3.46. The SMILES string of the molecule is C#CCCCC1CC(C(C)(C)C)CCC1CNC. The number of hydrogen-bond acceptors (Lipinski definition) is 1. The van der Waals surface area contributed by atoms with Gasteiger partial charge < -0.3 is 5.32 Å². The van der Waals surface area contributed by atoms with Gasteiger partial charge in [0.15, 0.2) is 0 Å². The Bertz CT molecular complexity index is 268. The summed E-state index contributed by atoms with van der Waals surface area (Å²) in [6.07, 6.45) is 13.0. The topological polar surface area (TPSA) is 12.0 Å². The molecule has 1 rings (SSSR count). The van der Waals surface area contributed by atoms with Crippen LogP contribution in [-0.4, -0.2) is 13.6 Å². The molecule has 0 aromatic heterocycles. The van der Waals surface area contributed by atoms with Crippen LogP contribution in [0.2, 0.25) is 0 Å². The highest BCUT2D eigenvalue weighted by molar-refractivity contribution is 4.88. The van der Waals surface area contributed by atoms with E-state index in [9.17, 15) is 0 Å². The van der Waals surface area contributed by atoms with Gasteiger partial charge in [0.05, 0.1) is 0 Å². The van der Waals surface area contributed by atoms with Crippen molar-refractivity contribution in [3.63, 3.8) is 0 Å². The largest absolute Gasteiger partial charge is 0.319 e. The van der Waals surface area contributed by atoms with Gasteiger partial charge in [-0.05, 0) is 68.9 Å². The van der Waals surface area contributed by atoms with Crippen molar-refractivity contribution < 1.29 is 0 Å². The van der Waals surface area contributed by atoms with Crippen molar-refractivity contribution in [2.24, 2.45) is 23.2 Å². The maximum Gasteiger partial charge on any atom is 0.00861 e. The van der Waals surface area contributed by atoms with E-state index in [4.69, 9.17) is 6.42 Å². The molecule has 0 aromatic carbocycles. The monoisotopic (exact) mass is 249 g/mol. The summed E-state index contributed by atoms with van der Waals surface area (Å²) in [5.74, 6) is 5.42. The minimum Gasteiger partial charge on any atom is -0.319 e. The van der Waals surface area contributed by atoms with Crippen molar-refractivity contribution in [1.29, 1.82) is 0 Å². The van der Waals surface area contributed by atoms with E-state index in [0.29, 0.717) is 5.41 Å². The first-order valence-electron chi connectivity index (χ1n) is 7.57. The molecular formula is C17H31N. The summed E-state index contributed by atoms with van der Waals surface area (Å²) in [5.41, 5.74) is 0.467. The average Bonchev–Trinajstić information content (AvgIpc) is 2.30. The van der Waals surface area contributed by atoms with Crippen LogP contribution in [0.4, 0.5) is 0 Å². The van der Waals surface area contributed by atoms with E-state index in [0.717, 1.165) is 24.2 Å². The number of unbranched alkanes of at least 4 members (excludes halogenated alkanes) is 1. The molecule has 1 aliphatic rings. The molecule has 0 radical (unpaired) electrons. The van der Waals surface area contributed by atoms with Crippen LogP contribution in [0.1, 0.15) is 59.3 Å². The summed E-state index contributed by atoms with van der Waals surface area (Å²) in [7, 11) is 2.08. The van der Waals surface area contributed by atoms with Crippen molar-refractivity contribution in [3.8, 4) is 12.3 Å². The lowest BCUT2D eigenvalue weighted by Gasteiger charge is -2.42. The molecule has 1 aliphatic carbocycles. The van der Waals surface area contributed by atoms with Gasteiger partial charge in [0.2, 0.25) is 0 Å². The molecule has 1 saturated carbocycles. The minimum absolute atomic E-state index is 0.467. The zero-order valence-corrected chi connectivity index (χ0v) is 12.8. The van der Waals surface area contributed by atoms with Crippen LogP contribution in [0.5, 0.6) is 0 Å². The van der Waals surface area contributed by atoms with Gasteiger partial charge in [-0.3, -0.25) is 0 Å². The normalized spacial score (nSPS) is 28.9. The molecule has 0 amide bonds. The van der Waals surface area contributed by atoms with Gasteiger partial charge >= 0.3 is 0 Å². The zero-order valence-electron chi connectivity index (χ0n) is 12.8. The van der Waals surface area contributed by atoms with Crippen molar-refractivity contribution in [3.05, 3.63) is 0 Å². The fraction of sp³-hybridized carbons (Fsp3) is 0.882. The molecule has 3 unspecified atom stereocenters. The van der Waals surface area contributed by atoms with Gasteiger partial charge in [-0.1, -0.05) is 20.8 Å². The molecule has 18 heavy (non-hydrogen) atoms. The Kier molecular flexibility index (Phi) is 6.22. The lowest BCUT2D eigenvalue weighted by Crippen LogP contribution is -2.35. The third-order valence-electron chi connectivity index (χ3n) is 4.73. The summed E-state index contributed by atoms with van der Waals surface area (Å²) in [6.45, 7) is 8.37. The Hall–Kier alpha value is -0.480. The molecule has 0 saturated heterocycles. The van der Waals surface area contributed by atoms with Gasteiger partial charge in [-0.2, -0.15) is 0 Å². The molecule has 0 bridgehead atoms. The summed E-state index contributed by atoms with van der Waals surface area (Å²) >= 11 is 0. The predicted molar refractivity (Wildman–Crippen MR) is 80.4 cm³/mol. The molecule has 0 aliphatic heterocycles. The Morgan fingerprint density at radius 2 is 1.94 bits per heavy atom. The van der Waals surface area contributed by atoms with Gasteiger partial charge in [0, 0.05) is 6.42 Å². The third kappa shape index (κ3) is 4.65.